The number of carbonyl (C=O) groups is 1. The smallest absolute Gasteiger partial charge is 0.255 e. The number of rotatable bonds is 8. The van der Waals surface area contributed by atoms with Crippen LogP contribution in [0.4, 0.5) is 11.5 Å². The fraction of sp³-hybridized carbons (Fsp3) is 0.333. The monoisotopic (exact) mass is 519 g/mol. The molecule has 4 aromatic rings. The molecule has 0 radical (unpaired) electrons. The minimum Gasteiger partial charge on any atom is -0.392 e. The van der Waals surface area contributed by atoms with E-state index in [2.05, 4.69) is 30.6 Å². The number of hydrogen-bond acceptors (Lipinski definition) is 7. The van der Waals surface area contributed by atoms with E-state index >= 15 is 0 Å². The van der Waals surface area contributed by atoms with Crippen molar-refractivity contribution in [1.29, 1.82) is 0 Å². The second kappa shape index (κ2) is 10.8. The molecule has 3 heterocycles. The van der Waals surface area contributed by atoms with Gasteiger partial charge in [-0.25, -0.2) is 9.97 Å². The van der Waals surface area contributed by atoms with Crippen molar-refractivity contribution >= 4 is 40.2 Å². The maximum Gasteiger partial charge on any atom is 0.255 e. The molecular weight excluding hydrogens is 490 g/mol. The van der Waals surface area contributed by atoms with Gasteiger partial charge in [-0.1, -0.05) is 29.8 Å². The lowest BCUT2D eigenvalue weighted by Gasteiger charge is -2.17. The molecule has 0 unspecified atom stereocenters. The van der Waals surface area contributed by atoms with Crippen molar-refractivity contribution in [3.8, 4) is 0 Å². The first kappa shape index (κ1) is 25.1. The molecule has 192 valence electrons. The third kappa shape index (κ3) is 5.90. The van der Waals surface area contributed by atoms with Gasteiger partial charge in [-0.3, -0.25) is 14.4 Å². The summed E-state index contributed by atoms with van der Waals surface area (Å²) in [6.07, 6.45) is 4.07. The van der Waals surface area contributed by atoms with Gasteiger partial charge in [0.2, 0.25) is 5.65 Å². The quantitative estimate of drug-likeness (QED) is 0.314. The molecule has 1 aliphatic heterocycles. The Morgan fingerprint density at radius 1 is 1.27 bits per heavy atom. The summed E-state index contributed by atoms with van der Waals surface area (Å²) in [6, 6.07) is 13.0. The Morgan fingerprint density at radius 2 is 2.14 bits per heavy atom. The van der Waals surface area contributed by atoms with Crippen molar-refractivity contribution in [1.82, 2.24) is 24.6 Å². The van der Waals surface area contributed by atoms with Crippen LogP contribution in [0.1, 0.15) is 47.8 Å². The average molecular weight is 520 g/mol. The number of anilines is 2. The van der Waals surface area contributed by atoms with Gasteiger partial charge in [0.15, 0.2) is 0 Å². The van der Waals surface area contributed by atoms with Crippen LogP contribution >= 0.6 is 11.6 Å². The zero-order valence-electron chi connectivity index (χ0n) is 20.9. The molecule has 1 amide bonds. The maximum absolute atomic E-state index is 12.9. The van der Waals surface area contributed by atoms with Crippen LogP contribution in [0, 0.1) is 0 Å². The first-order valence-corrected chi connectivity index (χ1v) is 12.8. The van der Waals surface area contributed by atoms with Crippen LogP contribution in [0.3, 0.4) is 0 Å². The van der Waals surface area contributed by atoms with Crippen molar-refractivity contribution in [2.75, 3.05) is 23.7 Å². The summed E-state index contributed by atoms with van der Waals surface area (Å²) in [5.41, 5.74) is 4.46. The van der Waals surface area contributed by atoms with E-state index in [0.717, 1.165) is 36.2 Å². The largest absolute Gasteiger partial charge is 0.392 e. The molecule has 5 rings (SSSR count). The Bertz CT molecular complexity index is 1420. The molecule has 0 spiro atoms. The molecule has 9 nitrogen and oxygen atoms in total. The first-order valence-electron chi connectivity index (χ1n) is 12.4. The van der Waals surface area contributed by atoms with Crippen molar-refractivity contribution in [2.45, 2.75) is 45.5 Å². The number of carbonyl (C=O) groups excluding carboxylic acids is 1. The zero-order valence-corrected chi connectivity index (χ0v) is 21.6. The molecule has 3 N–H and O–H groups in total. The summed E-state index contributed by atoms with van der Waals surface area (Å²) < 4.78 is 1.81. The number of aryl methyl sites for hydroxylation is 1. The van der Waals surface area contributed by atoms with Gasteiger partial charge in [-0.05, 0) is 55.7 Å². The molecule has 2 aromatic carbocycles. The average Bonchev–Trinajstić information content (AvgIpc) is 3.50. The van der Waals surface area contributed by atoms with Gasteiger partial charge in [0.05, 0.1) is 24.5 Å². The summed E-state index contributed by atoms with van der Waals surface area (Å²) in [4.78, 5) is 24.1. The van der Waals surface area contributed by atoms with Gasteiger partial charge in [0, 0.05) is 42.5 Å². The Hall–Kier alpha value is -3.53. The van der Waals surface area contributed by atoms with Gasteiger partial charge in [0.1, 0.15) is 11.3 Å². The molecule has 10 heteroatoms. The number of fused-ring (bicyclic) bond motifs is 1. The number of halogens is 1. The van der Waals surface area contributed by atoms with Crippen LogP contribution in [-0.4, -0.2) is 54.9 Å². The molecule has 2 atom stereocenters. The number of amides is 1. The summed E-state index contributed by atoms with van der Waals surface area (Å²) >= 11 is 6.49. The van der Waals surface area contributed by atoms with Crippen molar-refractivity contribution in [2.24, 2.45) is 0 Å². The molecule has 2 aromatic heterocycles. The SMILES string of the molecule is CCn1cc2ncc(N[C@@H](C)c3cccc(NC(=O)c4ccc(CN5CC[C@@H](O)C5)c(Cl)c4)c3)nc2n1. The highest BCUT2D eigenvalue weighted by Crippen LogP contribution is 2.24. The Morgan fingerprint density at radius 3 is 2.89 bits per heavy atom. The number of aromatic nitrogens is 4. The second-order valence-corrected chi connectivity index (χ2v) is 9.79. The topological polar surface area (TPSA) is 108 Å². The van der Waals surface area contributed by atoms with Gasteiger partial charge in [0.25, 0.3) is 5.91 Å². The third-order valence-electron chi connectivity index (χ3n) is 6.57. The predicted octanol–water partition coefficient (Wildman–Crippen LogP) is 4.49. The molecule has 37 heavy (non-hydrogen) atoms. The Kier molecular flexibility index (Phi) is 7.36. The number of likely N-dealkylation sites (tertiary alicyclic amines) is 1. The van der Waals surface area contributed by atoms with Crippen LogP contribution in [0.15, 0.2) is 54.9 Å². The predicted molar refractivity (Wildman–Crippen MR) is 145 cm³/mol. The number of benzene rings is 2. The molecule has 0 aliphatic carbocycles. The Balaban J connectivity index is 1.23. The minimum atomic E-state index is -0.278. The normalized spacial score (nSPS) is 16.7. The minimum absolute atomic E-state index is 0.0744. The van der Waals surface area contributed by atoms with E-state index in [4.69, 9.17) is 11.6 Å². The van der Waals surface area contributed by atoms with Gasteiger partial charge in [-0.15, -0.1) is 0 Å². The van der Waals surface area contributed by atoms with Gasteiger partial charge >= 0.3 is 0 Å². The van der Waals surface area contributed by atoms with E-state index in [1.54, 1.807) is 18.3 Å². The maximum atomic E-state index is 12.9. The third-order valence-corrected chi connectivity index (χ3v) is 6.92. The number of nitrogens with one attached hydrogen (secondary N) is 2. The lowest BCUT2D eigenvalue weighted by Crippen LogP contribution is -2.21. The molecule has 1 saturated heterocycles. The molecule has 1 fully saturated rings. The van der Waals surface area contributed by atoms with Crippen LogP contribution in [0.5, 0.6) is 0 Å². The van der Waals surface area contributed by atoms with Crippen LogP contribution in [-0.2, 0) is 13.1 Å². The van der Waals surface area contributed by atoms with E-state index in [-0.39, 0.29) is 18.1 Å². The van der Waals surface area contributed by atoms with E-state index in [1.807, 2.05) is 55.1 Å². The number of hydrogen-bond donors (Lipinski definition) is 3. The lowest BCUT2D eigenvalue weighted by molar-refractivity contribution is 0.102. The summed E-state index contributed by atoms with van der Waals surface area (Å²) in [5, 5.41) is 21.0. The standard InChI is InChI=1S/C27H30ClN7O2/c1-3-35-16-24-26(33-35)32-25(13-29-24)30-17(2)18-5-4-6-21(11-18)31-27(37)19-7-8-20(23(28)12-19)14-34-10-9-22(36)15-34/h4-8,11-13,16-17,22,36H,3,9-10,14-15H2,1-2H3,(H,31,37)(H,30,32,33)/t17-,22+/m0/s1. The highest BCUT2D eigenvalue weighted by Gasteiger charge is 2.21. The summed E-state index contributed by atoms with van der Waals surface area (Å²) in [5.74, 6) is 0.402. The number of aliphatic hydroxyl groups is 1. The molecular formula is C27H30ClN7O2. The zero-order chi connectivity index (χ0) is 25.9. The summed E-state index contributed by atoms with van der Waals surface area (Å²) in [6.45, 7) is 6.94. The van der Waals surface area contributed by atoms with Crippen LogP contribution in [0.2, 0.25) is 5.02 Å². The van der Waals surface area contributed by atoms with E-state index in [9.17, 15) is 9.90 Å². The fourth-order valence-electron chi connectivity index (χ4n) is 4.48. The first-order chi connectivity index (χ1) is 17.9. The van der Waals surface area contributed by atoms with Crippen molar-refractivity contribution in [3.63, 3.8) is 0 Å². The summed E-state index contributed by atoms with van der Waals surface area (Å²) in [7, 11) is 0. The van der Waals surface area contributed by atoms with Crippen molar-refractivity contribution in [3.05, 3.63) is 76.6 Å². The number of nitrogens with zero attached hydrogens (tertiary/aromatic N) is 5. The molecule has 1 aliphatic rings. The van der Waals surface area contributed by atoms with Crippen LogP contribution < -0.4 is 10.6 Å². The van der Waals surface area contributed by atoms with E-state index in [0.29, 0.717) is 40.8 Å². The highest BCUT2D eigenvalue weighted by molar-refractivity contribution is 6.31. The van der Waals surface area contributed by atoms with Gasteiger partial charge < -0.3 is 15.7 Å². The lowest BCUT2D eigenvalue weighted by atomic mass is 10.1. The van der Waals surface area contributed by atoms with Crippen LogP contribution in [0.25, 0.3) is 11.2 Å². The fourth-order valence-corrected chi connectivity index (χ4v) is 4.72. The number of β-amino-alcohol motifs (C(OH)–C–C–N with tert-alkyl or cyclic N) is 1. The molecule has 0 saturated carbocycles. The number of aliphatic hydroxyl groups excluding tert-OH is 1. The second-order valence-electron chi connectivity index (χ2n) is 9.38. The highest BCUT2D eigenvalue weighted by atomic mass is 35.5. The van der Waals surface area contributed by atoms with Gasteiger partial charge in [-0.2, -0.15) is 5.10 Å². The Labute approximate surface area is 220 Å². The van der Waals surface area contributed by atoms with E-state index < -0.39 is 0 Å². The van der Waals surface area contributed by atoms with Crippen molar-refractivity contribution < 1.29 is 9.90 Å². The molecule has 0 bridgehead atoms. The van der Waals surface area contributed by atoms with E-state index in [1.165, 1.54) is 0 Å².